The van der Waals surface area contributed by atoms with Gasteiger partial charge in [0.05, 0.1) is 5.39 Å². The van der Waals surface area contributed by atoms with Crippen LogP contribution >= 0.6 is 0 Å². The average Bonchev–Trinajstić information content (AvgIpc) is 2.34. The van der Waals surface area contributed by atoms with E-state index in [2.05, 4.69) is 15.0 Å². The highest BCUT2D eigenvalue weighted by atomic mass is 32.1. The van der Waals surface area contributed by atoms with Gasteiger partial charge in [0.2, 0.25) is 0 Å². The zero-order valence-electron chi connectivity index (χ0n) is 5.42. The summed E-state index contributed by atoms with van der Waals surface area (Å²) in [4.78, 5) is 20.2. The van der Waals surface area contributed by atoms with E-state index in [-0.39, 0.29) is 10.7 Å². The molecule has 2 heterocycles. The number of aromatic nitrogens is 3. The Kier molecular flexibility index (Phi) is 1.19. The van der Waals surface area contributed by atoms with Crippen LogP contribution < -0.4 is 5.56 Å². The lowest BCUT2D eigenvalue weighted by Crippen LogP contribution is -2.07. The van der Waals surface area contributed by atoms with E-state index in [0.29, 0.717) is 11.0 Å². The molecule has 2 N–H and O–H groups in total. The first-order valence-corrected chi connectivity index (χ1v) is 3.42. The Hall–Kier alpha value is -1.36. The first kappa shape index (κ1) is 6.36. The molecule has 0 saturated heterocycles. The molecule has 0 unspecified atom stereocenters. The van der Waals surface area contributed by atoms with Gasteiger partial charge in [-0.1, -0.05) is 0 Å². The zero-order valence-corrected chi connectivity index (χ0v) is 6.23. The summed E-state index contributed by atoms with van der Waals surface area (Å²) >= 11 is 4.71. The van der Waals surface area contributed by atoms with Crippen LogP contribution in [-0.4, -0.2) is 15.0 Å². The number of fused-ring (bicyclic) bond motifs is 1. The van der Waals surface area contributed by atoms with Crippen molar-refractivity contribution in [2.75, 3.05) is 0 Å². The van der Waals surface area contributed by atoms with Gasteiger partial charge < -0.3 is 22.6 Å². The second-order valence-corrected chi connectivity index (χ2v) is 2.50. The van der Waals surface area contributed by atoms with Crippen molar-refractivity contribution in [2.45, 2.75) is 5.16 Å². The van der Waals surface area contributed by atoms with Crippen molar-refractivity contribution in [1.29, 1.82) is 0 Å². The molecular formula is C6H4N3OS-. The van der Waals surface area contributed by atoms with Crippen LogP contribution in [0.4, 0.5) is 0 Å². The summed E-state index contributed by atoms with van der Waals surface area (Å²) in [5, 5.41) is 0.753. The van der Waals surface area contributed by atoms with E-state index < -0.39 is 0 Å². The third-order valence-corrected chi connectivity index (χ3v) is 1.60. The fourth-order valence-corrected chi connectivity index (χ4v) is 1.11. The van der Waals surface area contributed by atoms with Gasteiger partial charge in [-0.15, -0.1) is 0 Å². The van der Waals surface area contributed by atoms with E-state index in [1.54, 1.807) is 12.3 Å². The number of hydrogen-bond acceptors (Lipinski definition) is 3. The number of nitrogens with zero attached hydrogens (tertiary/aromatic N) is 1. The van der Waals surface area contributed by atoms with Crippen LogP contribution in [-0.2, 0) is 12.6 Å². The fraction of sp³-hybridized carbons (Fsp3) is 0. The normalized spacial score (nSPS) is 10.5. The SMILES string of the molecule is O=c1[nH]c([S-])nc2[nH]ccc12. The average molecular weight is 166 g/mol. The molecule has 0 amide bonds. The fourth-order valence-electron chi connectivity index (χ4n) is 0.930. The highest BCUT2D eigenvalue weighted by molar-refractivity contribution is 7.58. The lowest BCUT2D eigenvalue weighted by atomic mass is 10.4. The van der Waals surface area contributed by atoms with Crippen molar-refractivity contribution in [3.8, 4) is 0 Å². The zero-order chi connectivity index (χ0) is 7.84. The van der Waals surface area contributed by atoms with E-state index >= 15 is 0 Å². The van der Waals surface area contributed by atoms with Crippen LogP contribution in [0.25, 0.3) is 11.0 Å². The number of H-pyrrole nitrogens is 2. The molecule has 56 valence electrons. The number of rotatable bonds is 0. The first-order valence-electron chi connectivity index (χ1n) is 3.02. The van der Waals surface area contributed by atoms with Crippen molar-refractivity contribution in [3.63, 3.8) is 0 Å². The maximum Gasteiger partial charge on any atom is 0.259 e. The maximum atomic E-state index is 11.1. The molecule has 0 atom stereocenters. The lowest BCUT2D eigenvalue weighted by Gasteiger charge is -2.01. The van der Waals surface area contributed by atoms with Gasteiger partial charge in [0, 0.05) is 6.20 Å². The molecule has 0 spiro atoms. The van der Waals surface area contributed by atoms with Crippen molar-refractivity contribution in [1.82, 2.24) is 15.0 Å². The monoisotopic (exact) mass is 166 g/mol. The summed E-state index contributed by atoms with van der Waals surface area (Å²) < 4.78 is 0. The summed E-state index contributed by atoms with van der Waals surface area (Å²) in [7, 11) is 0. The van der Waals surface area contributed by atoms with Crippen molar-refractivity contribution in [2.24, 2.45) is 0 Å². The van der Waals surface area contributed by atoms with E-state index in [0.717, 1.165) is 0 Å². The van der Waals surface area contributed by atoms with Crippen LogP contribution in [0.5, 0.6) is 0 Å². The first-order chi connectivity index (χ1) is 5.27. The molecule has 5 heteroatoms. The molecule has 2 rings (SSSR count). The van der Waals surface area contributed by atoms with Crippen LogP contribution in [0.3, 0.4) is 0 Å². The Morgan fingerprint density at radius 1 is 1.55 bits per heavy atom. The molecular weight excluding hydrogens is 162 g/mol. The minimum Gasteiger partial charge on any atom is -0.742 e. The summed E-state index contributed by atoms with van der Waals surface area (Å²) in [6, 6.07) is 1.66. The molecule has 0 bridgehead atoms. The van der Waals surface area contributed by atoms with Crippen molar-refractivity contribution in [3.05, 3.63) is 22.6 Å². The molecule has 0 aromatic carbocycles. The van der Waals surface area contributed by atoms with Gasteiger partial charge in [0.15, 0.2) is 0 Å². The lowest BCUT2D eigenvalue weighted by molar-refractivity contribution is 0.973. The minimum atomic E-state index is -0.193. The largest absolute Gasteiger partial charge is 0.742 e. The van der Waals surface area contributed by atoms with E-state index in [1.807, 2.05) is 0 Å². The predicted molar refractivity (Wildman–Crippen MR) is 42.3 cm³/mol. The van der Waals surface area contributed by atoms with Crippen LogP contribution in [0.2, 0.25) is 0 Å². The Balaban J connectivity index is 3.02. The molecule has 0 fully saturated rings. The van der Waals surface area contributed by atoms with Gasteiger partial charge in [-0.3, -0.25) is 4.79 Å². The van der Waals surface area contributed by atoms with Gasteiger partial charge in [-0.05, 0) is 11.2 Å². The van der Waals surface area contributed by atoms with Crippen LogP contribution in [0, 0.1) is 0 Å². The summed E-state index contributed by atoms with van der Waals surface area (Å²) in [5.74, 6) is 0. The Morgan fingerprint density at radius 3 is 3.18 bits per heavy atom. The Bertz CT molecular complexity index is 444. The molecule has 0 aliphatic carbocycles. The molecule has 0 aliphatic rings. The maximum absolute atomic E-state index is 11.1. The van der Waals surface area contributed by atoms with Gasteiger partial charge in [0.25, 0.3) is 5.56 Å². The topological polar surface area (TPSA) is 61.5 Å². The van der Waals surface area contributed by atoms with E-state index in [1.165, 1.54) is 0 Å². The number of hydrogen-bond donors (Lipinski definition) is 2. The predicted octanol–water partition coefficient (Wildman–Crippen LogP) is 0.157. The summed E-state index contributed by atoms with van der Waals surface area (Å²) in [5.41, 5.74) is 0.347. The van der Waals surface area contributed by atoms with E-state index in [4.69, 9.17) is 12.6 Å². The highest BCUT2D eigenvalue weighted by Gasteiger charge is 1.97. The number of nitrogens with one attached hydrogen (secondary N) is 2. The van der Waals surface area contributed by atoms with Crippen LogP contribution in [0.15, 0.2) is 22.2 Å². The molecule has 2 aromatic heterocycles. The quantitative estimate of drug-likeness (QED) is 0.433. The highest BCUT2D eigenvalue weighted by Crippen LogP contribution is 2.01. The van der Waals surface area contributed by atoms with Crippen molar-refractivity contribution < 1.29 is 0 Å². The molecule has 11 heavy (non-hydrogen) atoms. The Morgan fingerprint density at radius 2 is 2.36 bits per heavy atom. The number of aromatic amines is 2. The van der Waals surface area contributed by atoms with Gasteiger partial charge in [-0.2, -0.15) is 0 Å². The molecule has 0 aliphatic heterocycles. The minimum absolute atomic E-state index is 0.193. The van der Waals surface area contributed by atoms with Crippen molar-refractivity contribution >= 4 is 23.7 Å². The van der Waals surface area contributed by atoms with Gasteiger partial charge in [0.1, 0.15) is 5.65 Å². The molecule has 0 radical (unpaired) electrons. The van der Waals surface area contributed by atoms with Gasteiger partial charge in [-0.25, -0.2) is 4.98 Å². The third-order valence-electron chi connectivity index (χ3n) is 1.40. The third kappa shape index (κ3) is 0.894. The van der Waals surface area contributed by atoms with Crippen LogP contribution in [0.1, 0.15) is 0 Å². The summed E-state index contributed by atoms with van der Waals surface area (Å²) in [6.07, 6.45) is 1.65. The smallest absolute Gasteiger partial charge is 0.259 e. The standard InChI is InChI=1S/C6H5N3OS/c10-5-3-1-2-7-4(3)8-6(11)9-5/h1-2H,(H3,7,8,9,10,11)/p-1. The summed E-state index contributed by atoms with van der Waals surface area (Å²) in [6.45, 7) is 0. The van der Waals surface area contributed by atoms with Gasteiger partial charge >= 0.3 is 0 Å². The van der Waals surface area contributed by atoms with E-state index in [9.17, 15) is 4.79 Å². The second-order valence-electron chi connectivity index (χ2n) is 2.11. The second kappa shape index (κ2) is 2.06. The molecule has 4 nitrogen and oxygen atoms in total. The Labute approximate surface area is 67.1 Å². The molecule has 2 aromatic rings. The molecule has 0 saturated carbocycles.